The number of thiophene rings is 4. The van der Waals surface area contributed by atoms with Gasteiger partial charge in [0.25, 0.3) is 0 Å². The van der Waals surface area contributed by atoms with Gasteiger partial charge in [0.05, 0.1) is 12.5 Å². The molecule has 0 aliphatic rings. The maximum Gasteiger partial charge on any atom is 0.134 e. The Morgan fingerprint density at radius 2 is 0.709 bits per heavy atom. The number of hydrogen-bond donors (Lipinski definition) is 0. The Hall–Kier alpha value is -8.56. The summed E-state index contributed by atoms with van der Waals surface area (Å²) in [6.07, 6.45) is 3.59. The third-order valence-electron chi connectivity index (χ3n) is 18.6. The van der Waals surface area contributed by atoms with Crippen molar-refractivity contribution in [2.45, 2.75) is 138 Å². The molecule has 0 saturated carbocycles. The second-order valence-corrected chi connectivity index (χ2v) is 40.8. The van der Waals surface area contributed by atoms with Crippen molar-refractivity contribution in [3.63, 3.8) is 0 Å². The molecule has 10 heteroatoms. The van der Waals surface area contributed by atoms with E-state index >= 15 is 0 Å². The van der Waals surface area contributed by atoms with Crippen LogP contribution >= 0.6 is 45.3 Å². The smallest absolute Gasteiger partial charge is 0.134 e. The third-order valence-corrected chi connectivity index (χ3v) is 29.4. The van der Waals surface area contributed by atoms with E-state index in [1.165, 1.54) is 175 Å². The molecule has 0 amide bonds. The summed E-state index contributed by atoms with van der Waals surface area (Å²) >= 11 is 9.21. The van der Waals surface area contributed by atoms with Crippen LogP contribution in [0.15, 0.2) is 254 Å². The molecule has 0 fully saturated rings. The van der Waals surface area contributed by atoms with Crippen molar-refractivity contribution in [3.8, 4) is 0 Å². The van der Waals surface area contributed by atoms with E-state index < -0.39 is 0 Å². The first kappa shape index (κ1) is 82.4. The van der Waals surface area contributed by atoms with E-state index in [1.54, 1.807) is 25.3 Å². The minimum atomic E-state index is 0.604. The summed E-state index contributed by atoms with van der Waals surface area (Å²) in [5.74, 6) is 0.977. The molecule has 0 spiro atoms. The van der Waals surface area contributed by atoms with Crippen LogP contribution in [-0.4, -0.2) is 43.5 Å². The summed E-state index contributed by atoms with van der Waals surface area (Å²) in [4.78, 5) is 5.15. The van der Waals surface area contributed by atoms with Crippen LogP contribution in [-0.2, 0) is 0 Å². The van der Waals surface area contributed by atoms with Gasteiger partial charge in [-0.2, -0.15) is 0 Å². The molecule has 10 aromatic carbocycles. The molecule has 10 aromatic heterocycles. The van der Waals surface area contributed by atoms with Gasteiger partial charge in [-0.15, -0.1) is 45.3 Å². The maximum absolute atomic E-state index is 5.45. The Labute approximate surface area is 684 Å². The molecule has 20 rings (SSSR count). The molecule has 3 nitrogen and oxygen atoms in total. The van der Waals surface area contributed by atoms with Crippen LogP contribution in [0.25, 0.3) is 102 Å². The van der Waals surface area contributed by atoms with Crippen LogP contribution < -0.4 is 0 Å². The predicted octanol–water partition coefficient (Wildman–Crippen LogP) is 30.8. The van der Waals surface area contributed by atoms with Gasteiger partial charge < -0.3 is 13.3 Å². The monoisotopic (exact) mass is 1720 g/mol. The van der Waals surface area contributed by atoms with E-state index in [9.17, 15) is 0 Å². The van der Waals surface area contributed by atoms with E-state index in [-0.39, 0.29) is 0 Å². The summed E-state index contributed by atoms with van der Waals surface area (Å²) in [7, 11) is 0. The van der Waals surface area contributed by atoms with E-state index in [0.717, 1.165) is 22.5 Å². The Morgan fingerprint density at radius 3 is 1.40 bits per heavy atom. The Bertz CT molecular complexity index is 5690. The number of hydrogen-bond acceptors (Lipinski definition) is 7. The number of fused-ring (bicyclic) bond motifs is 10. The standard InChI is InChI=1S/3C10H10O.4C10H10S.3C10H10Se/c1-7-3-4-10-9(5-7)8(2)6-11-10;1-7-3-4-9-8(2)6-11-10(9)5-7;1-7-3-4-9-6-8(2)11-10(9)5-7;1-7-3-4-10-9(5-7)8(2)6-11-10;1-7-3-4-10-9(5-7)6-8(2)11-10;1-7-3-4-9-8(2)6-11-10(9)5-7;1-7-3-4-9-6-8(2)11-10(9)5-7;1-7-3-4-10-9(5-7)8(2)6-11-10;1-7-3-4-10-9(5-7)6-8(2)11-10;1-7-3-4-9-6-8(2)11-10(9)5-7/h10*3-6H,1-2H3. The maximum atomic E-state index is 5.45. The van der Waals surface area contributed by atoms with Crippen LogP contribution in [0.4, 0.5) is 0 Å². The van der Waals surface area contributed by atoms with E-state index in [0.29, 0.717) is 43.5 Å². The molecule has 0 bridgehead atoms. The molecule has 0 saturated heterocycles. The van der Waals surface area contributed by atoms with E-state index in [4.69, 9.17) is 13.3 Å². The topological polar surface area (TPSA) is 39.4 Å². The van der Waals surface area contributed by atoms with Gasteiger partial charge in [0.1, 0.15) is 22.5 Å². The van der Waals surface area contributed by atoms with Gasteiger partial charge in [-0.1, -0.05) is 95.6 Å². The van der Waals surface area contributed by atoms with E-state index in [1.807, 2.05) is 58.3 Å². The summed E-state index contributed by atoms with van der Waals surface area (Å²) in [5, 5.41) is 18.0. The Morgan fingerprint density at radius 1 is 0.255 bits per heavy atom. The van der Waals surface area contributed by atoms with Gasteiger partial charge in [-0.25, -0.2) is 0 Å². The van der Waals surface area contributed by atoms with Crippen molar-refractivity contribution in [2.75, 3.05) is 0 Å². The normalized spacial score (nSPS) is 10.7. The van der Waals surface area contributed by atoms with Crippen molar-refractivity contribution in [1.29, 1.82) is 0 Å². The average molecular weight is 1720 g/mol. The van der Waals surface area contributed by atoms with Gasteiger partial charge in [0, 0.05) is 44.7 Å². The van der Waals surface area contributed by atoms with Crippen molar-refractivity contribution in [1.82, 2.24) is 0 Å². The zero-order valence-electron chi connectivity index (χ0n) is 67.2. The predicted molar refractivity (Wildman–Crippen MR) is 493 cm³/mol. The molecule has 560 valence electrons. The molecular weight excluding hydrogens is 1610 g/mol. The average Bonchev–Trinajstić information content (AvgIpc) is 1.64. The third kappa shape index (κ3) is 22.6. The first-order valence-corrected chi connectivity index (χ1v) is 45.9. The Kier molecular flexibility index (Phi) is 28.5. The van der Waals surface area contributed by atoms with Crippen molar-refractivity contribution < 1.29 is 13.3 Å². The van der Waals surface area contributed by atoms with Crippen molar-refractivity contribution >= 4 is 191 Å². The van der Waals surface area contributed by atoms with Crippen LogP contribution in [0.5, 0.6) is 0 Å². The molecule has 0 unspecified atom stereocenters. The summed E-state index contributed by atoms with van der Waals surface area (Å²) in [6, 6.07) is 76.5. The fraction of sp³-hybridized carbons (Fsp3) is 0.200. The second kappa shape index (κ2) is 38.1. The molecule has 20 aromatic rings. The van der Waals surface area contributed by atoms with Crippen molar-refractivity contribution in [2.24, 2.45) is 0 Å². The first-order valence-electron chi connectivity index (χ1n) is 37.2. The molecule has 0 aliphatic carbocycles. The number of aryl methyl sites for hydroxylation is 20. The minimum Gasteiger partial charge on any atom is -0.464 e. The fourth-order valence-corrected chi connectivity index (χ4v) is 22.6. The zero-order valence-corrected chi connectivity index (χ0v) is 75.6. The van der Waals surface area contributed by atoms with Gasteiger partial charge in [-0.05, 0) is 240 Å². The van der Waals surface area contributed by atoms with Gasteiger partial charge in [0.2, 0.25) is 0 Å². The molecule has 0 N–H and O–H groups in total. The SMILES string of the molecule is Cc1ccc2[se]c(C)cc2c1.Cc1ccc2[se]cc(C)c2c1.Cc1ccc2c(C)coc2c1.Cc1ccc2c(C)csc2c1.Cc1ccc2cc(C)[se]c2c1.Cc1ccc2cc(C)oc2c1.Cc1ccc2cc(C)sc2c1.Cc1ccc2occ(C)c2c1.Cc1ccc2sc(C)cc2c1.Cc1ccc2scc(C)c2c1. The minimum absolute atomic E-state index is 0.604. The Balaban J connectivity index is 0.000000121. The van der Waals surface area contributed by atoms with Crippen LogP contribution in [0, 0.1) is 138 Å². The van der Waals surface area contributed by atoms with Crippen molar-refractivity contribution in [3.05, 3.63) is 348 Å². The molecular formula is C100H100O3S4Se3. The van der Waals surface area contributed by atoms with Gasteiger partial charge in [-0.3, -0.25) is 0 Å². The number of rotatable bonds is 0. The van der Waals surface area contributed by atoms with Gasteiger partial charge >= 0.3 is 217 Å². The molecule has 10 heterocycles. The summed E-state index contributed by atoms with van der Waals surface area (Å²) in [5.41, 5.74) is 22.9. The molecule has 0 aliphatic heterocycles. The largest absolute Gasteiger partial charge is 0.464 e. The second-order valence-electron chi connectivity index (χ2n) is 29.1. The number of furan rings is 3. The van der Waals surface area contributed by atoms with Crippen LogP contribution in [0.2, 0.25) is 0 Å². The van der Waals surface area contributed by atoms with Gasteiger partial charge in [0.15, 0.2) is 0 Å². The summed E-state index contributed by atoms with van der Waals surface area (Å²) in [6.45, 7) is 42.6. The molecule has 0 atom stereocenters. The van der Waals surface area contributed by atoms with Crippen LogP contribution in [0.3, 0.4) is 0 Å². The van der Waals surface area contributed by atoms with Crippen LogP contribution in [0.1, 0.15) is 108 Å². The molecule has 110 heavy (non-hydrogen) atoms. The first-order chi connectivity index (χ1) is 52.6. The fourth-order valence-electron chi connectivity index (χ4n) is 12.8. The van der Waals surface area contributed by atoms with E-state index in [2.05, 4.69) is 354 Å². The zero-order chi connectivity index (χ0) is 78.4. The quantitative estimate of drug-likeness (QED) is 0.142. The summed E-state index contributed by atoms with van der Waals surface area (Å²) < 4.78 is 29.4. The number of benzene rings is 10. The molecule has 0 radical (unpaired) electrons.